The van der Waals surface area contributed by atoms with Crippen LogP contribution in [0, 0.1) is 5.82 Å². The molecule has 0 unspecified atom stereocenters. The van der Waals surface area contributed by atoms with E-state index < -0.39 is 21.8 Å². The number of aliphatic carboxylic acids is 1. The summed E-state index contributed by atoms with van der Waals surface area (Å²) in [5.41, 5.74) is 0. The van der Waals surface area contributed by atoms with Gasteiger partial charge in [-0.25, -0.2) is 17.5 Å². The van der Waals surface area contributed by atoms with Gasteiger partial charge in [0.25, 0.3) is 0 Å². The van der Waals surface area contributed by atoms with E-state index in [4.69, 9.17) is 5.11 Å². The van der Waals surface area contributed by atoms with Gasteiger partial charge in [-0.2, -0.15) is 0 Å². The van der Waals surface area contributed by atoms with Crippen LogP contribution in [0.5, 0.6) is 0 Å². The van der Waals surface area contributed by atoms with Gasteiger partial charge in [0.15, 0.2) is 0 Å². The Labute approximate surface area is 111 Å². The highest BCUT2D eigenvalue weighted by Crippen LogP contribution is 2.10. The quantitative estimate of drug-likeness (QED) is 0.714. The minimum Gasteiger partial charge on any atom is -0.481 e. The molecule has 0 saturated heterocycles. The number of carboxylic acid groups (broad SMARTS) is 1. The maximum atomic E-state index is 12.9. The smallest absolute Gasteiger partial charge is 0.303 e. The van der Waals surface area contributed by atoms with Gasteiger partial charge in [-0.1, -0.05) is 12.5 Å². The summed E-state index contributed by atoms with van der Waals surface area (Å²) in [6.07, 6.45) is 1.76. The van der Waals surface area contributed by atoms with Crippen LogP contribution in [0.4, 0.5) is 4.39 Å². The third-order valence-electron chi connectivity index (χ3n) is 2.47. The summed E-state index contributed by atoms with van der Waals surface area (Å²) in [5, 5.41) is 8.43. The van der Waals surface area contributed by atoms with Crippen LogP contribution in [0.2, 0.25) is 0 Å². The first-order valence-corrected chi connectivity index (χ1v) is 7.37. The summed E-state index contributed by atoms with van der Waals surface area (Å²) >= 11 is 0. The van der Waals surface area contributed by atoms with E-state index in [9.17, 15) is 17.6 Å². The molecule has 0 aliphatic rings. The zero-order chi connectivity index (χ0) is 14.3. The highest BCUT2D eigenvalue weighted by atomic mass is 32.2. The molecule has 0 saturated carbocycles. The normalized spacial score (nSPS) is 11.4. The van der Waals surface area contributed by atoms with Crippen LogP contribution in [0.15, 0.2) is 29.2 Å². The van der Waals surface area contributed by atoms with Crippen LogP contribution < -0.4 is 4.72 Å². The number of hydrogen-bond acceptors (Lipinski definition) is 3. The maximum absolute atomic E-state index is 12.9. The first kappa shape index (κ1) is 15.6. The summed E-state index contributed by atoms with van der Waals surface area (Å²) < 4.78 is 38.8. The van der Waals surface area contributed by atoms with Crippen molar-refractivity contribution in [1.29, 1.82) is 0 Å². The molecule has 0 bridgehead atoms. The van der Waals surface area contributed by atoms with Crippen molar-refractivity contribution in [3.63, 3.8) is 0 Å². The van der Waals surface area contributed by atoms with Crippen molar-refractivity contribution in [3.8, 4) is 0 Å². The molecular formula is C12H16FNO4S. The number of unbranched alkanes of at least 4 members (excludes halogenated alkanes) is 2. The van der Waals surface area contributed by atoms with Crippen molar-refractivity contribution in [2.45, 2.75) is 30.6 Å². The van der Waals surface area contributed by atoms with Gasteiger partial charge >= 0.3 is 5.97 Å². The largest absolute Gasteiger partial charge is 0.481 e. The van der Waals surface area contributed by atoms with E-state index in [-0.39, 0.29) is 17.9 Å². The fourth-order valence-electron chi connectivity index (χ4n) is 1.50. The van der Waals surface area contributed by atoms with E-state index in [1.54, 1.807) is 0 Å². The second kappa shape index (κ2) is 7.20. The molecule has 0 aliphatic heterocycles. The third-order valence-corrected chi connectivity index (χ3v) is 3.92. The number of hydrogen-bond donors (Lipinski definition) is 2. The molecule has 106 valence electrons. The fourth-order valence-corrected chi connectivity index (χ4v) is 2.61. The molecule has 0 fully saturated rings. The lowest BCUT2D eigenvalue weighted by atomic mass is 10.2. The minimum absolute atomic E-state index is 0.0800. The number of carboxylic acids is 1. The van der Waals surface area contributed by atoms with E-state index in [1.165, 1.54) is 18.2 Å². The highest BCUT2D eigenvalue weighted by Gasteiger charge is 2.13. The van der Waals surface area contributed by atoms with Gasteiger partial charge in [0, 0.05) is 13.0 Å². The molecule has 0 radical (unpaired) electrons. The monoisotopic (exact) mass is 289 g/mol. The Morgan fingerprint density at radius 1 is 1.26 bits per heavy atom. The second-order valence-electron chi connectivity index (χ2n) is 4.06. The van der Waals surface area contributed by atoms with E-state index in [1.807, 2.05) is 0 Å². The number of nitrogens with one attached hydrogen (secondary N) is 1. The van der Waals surface area contributed by atoms with Crippen LogP contribution in [-0.4, -0.2) is 26.0 Å². The lowest BCUT2D eigenvalue weighted by molar-refractivity contribution is -0.137. The number of carbonyl (C=O) groups is 1. The van der Waals surface area contributed by atoms with Crippen molar-refractivity contribution < 1.29 is 22.7 Å². The Morgan fingerprint density at radius 2 is 2.00 bits per heavy atom. The fraction of sp³-hybridized carbons (Fsp3) is 0.417. The zero-order valence-corrected chi connectivity index (χ0v) is 11.1. The van der Waals surface area contributed by atoms with Gasteiger partial charge < -0.3 is 5.11 Å². The van der Waals surface area contributed by atoms with E-state index in [0.29, 0.717) is 19.3 Å². The molecule has 1 rings (SSSR count). The summed E-state index contributed by atoms with van der Waals surface area (Å²) in [6, 6.07) is 4.77. The van der Waals surface area contributed by atoms with Gasteiger partial charge in [-0.15, -0.1) is 0 Å². The Bertz CT molecular complexity index is 530. The molecule has 0 aliphatic carbocycles. The Kier molecular flexibility index (Phi) is 5.91. The number of benzene rings is 1. The summed E-state index contributed by atoms with van der Waals surface area (Å²) in [5.74, 6) is -1.47. The highest BCUT2D eigenvalue weighted by molar-refractivity contribution is 7.89. The lowest BCUT2D eigenvalue weighted by Gasteiger charge is -2.06. The predicted octanol–water partition coefficient (Wildman–Crippen LogP) is 1.75. The average molecular weight is 289 g/mol. The first-order chi connectivity index (χ1) is 8.92. The molecule has 2 N–H and O–H groups in total. The number of sulfonamides is 1. The SMILES string of the molecule is O=C(O)CCCCCNS(=O)(=O)c1cccc(F)c1. The van der Waals surface area contributed by atoms with Crippen LogP contribution in [0.3, 0.4) is 0 Å². The molecule has 1 aromatic rings. The Hall–Kier alpha value is -1.47. The van der Waals surface area contributed by atoms with Crippen molar-refractivity contribution in [3.05, 3.63) is 30.1 Å². The Balaban J connectivity index is 2.38. The molecule has 0 spiro atoms. The number of rotatable bonds is 8. The van der Waals surface area contributed by atoms with E-state index in [2.05, 4.69) is 4.72 Å². The molecular weight excluding hydrogens is 273 g/mol. The molecule has 0 atom stereocenters. The zero-order valence-electron chi connectivity index (χ0n) is 10.3. The summed E-state index contributed by atoms with van der Waals surface area (Å²) in [7, 11) is -3.69. The first-order valence-electron chi connectivity index (χ1n) is 5.89. The third kappa shape index (κ3) is 5.80. The van der Waals surface area contributed by atoms with Crippen molar-refractivity contribution >= 4 is 16.0 Å². The van der Waals surface area contributed by atoms with E-state index >= 15 is 0 Å². The molecule has 0 heterocycles. The molecule has 0 amide bonds. The average Bonchev–Trinajstić information content (AvgIpc) is 2.33. The second-order valence-corrected chi connectivity index (χ2v) is 5.83. The molecule has 7 heteroatoms. The molecule has 5 nitrogen and oxygen atoms in total. The van der Waals surface area contributed by atoms with Crippen LogP contribution >= 0.6 is 0 Å². The molecule has 1 aromatic carbocycles. The van der Waals surface area contributed by atoms with Crippen LogP contribution in [0.1, 0.15) is 25.7 Å². The predicted molar refractivity (Wildman–Crippen MR) is 67.7 cm³/mol. The van der Waals surface area contributed by atoms with Crippen LogP contribution in [-0.2, 0) is 14.8 Å². The van der Waals surface area contributed by atoms with Crippen molar-refractivity contribution in [2.75, 3.05) is 6.54 Å². The maximum Gasteiger partial charge on any atom is 0.303 e. The van der Waals surface area contributed by atoms with Gasteiger partial charge in [0.2, 0.25) is 10.0 Å². The van der Waals surface area contributed by atoms with Gasteiger partial charge in [-0.3, -0.25) is 4.79 Å². The molecule has 0 aromatic heterocycles. The topological polar surface area (TPSA) is 83.5 Å². The molecule has 19 heavy (non-hydrogen) atoms. The minimum atomic E-state index is -3.69. The van der Waals surface area contributed by atoms with E-state index in [0.717, 1.165) is 6.07 Å². The number of halogens is 1. The van der Waals surface area contributed by atoms with Crippen molar-refractivity contribution in [2.24, 2.45) is 0 Å². The Morgan fingerprint density at radius 3 is 2.63 bits per heavy atom. The summed E-state index contributed by atoms with van der Waals surface area (Å²) in [6.45, 7) is 0.207. The van der Waals surface area contributed by atoms with Crippen LogP contribution in [0.25, 0.3) is 0 Å². The van der Waals surface area contributed by atoms with Gasteiger partial charge in [0.1, 0.15) is 5.82 Å². The van der Waals surface area contributed by atoms with Gasteiger partial charge in [0.05, 0.1) is 4.90 Å². The van der Waals surface area contributed by atoms with Gasteiger partial charge in [-0.05, 0) is 31.0 Å². The summed E-state index contributed by atoms with van der Waals surface area (Å²) in [4.78, 5) is 10.1. The standard InChI is InChI=1S/C12H16FNO4S/c13-10-5-4-6-11(9-10)19(17,18)14-8-3-1-2-7-12(15)16/h4-6,9,14H,1-3,7-8H2,(H,15,16). The lowest BCUT2D eigenvalue weighted by Crippen LogP contribution is -2.24. The van der Waals surface area contributed by atoms with Crippen molar-refractivity contribution in [1.82, 2.24) is 4.72 Å².